The van der Waals surface area contributed by atoms with Gasteiger partial charge in [-0.25, -0.2) is 0 Å². The molecule has 0 aliphatic carbocycles. The highest BCUT2D eigenvalue weighted by atomic mass is 16.5. The van der Waals surface area contributed by atoms with Crippen molar-refractivity contribution in [3.8, 4) is 0 Å². The molecule has 0 amide bonds. The zero-order valence-electron chi connectivity index (χ0n) is 15.8. The Balaban J connectivity index is 1.72. The third-order valence-corrected chi connectivity index (χ3v) is 6.33. The number of piperidine rings is 2. The Bertz CT molecular complexity index is 619. The Morgan fingerprint density at radius 2 is 1.92 bits per heavy atom. The smallest absolute Gasteiger partial charge is 0.308 e. The molecule has 0 spiro atoms. The monoisotopic (exact) mass is 345 g/mol. The second-order valence-electron chi connectivity index (χ2n) is 8.48. The molecular weight excluding hydrogens is 314 g/mol. The van der Waals surface area contributed by atoms with Gasteiger partial charge in [0.2, 0.25) is 0 Å². The van der Waals surface area contributed by atoms with Gasteiger partial charge in [-0.2, -0.15) is 0 Å². The van der Waals surface area contributed by atoms with Gasteiger partial charge in [0.25, 0.3) is 0 Å². The van der Waals surface area contributed by atoms with Gasteiger partial charge < -0.3 is 9.84 Å². The first-order valence-corrected chi connectivity index (χ1v) is 9.47. The van der Waals surface area contributed by atoms with Gasteiger partial charge in [0.15, 0.2) is 0 Å². The van der Waals surface area contributed by atoms with Crippen molar-refractivity contribution in [2.45, 2.75) is 69.4 Å². The quantitative estimate of drug-likeness (QED) is 0.851. The fraction of sp³-hybridized carbons (Fsp3) is 0.667. The molecule has 138 valence electrons. The van der Waals surface area contributed by atoms with Crippen LogP contribution in [0.3, 0.4) is 0 Å². The van der Waals surface area contributed by atoms with E-state index in [0.717, 1.165) is 25.9 Å². The summed E-state index contributed by atoms with van der Waals surface area (Å²) >= 11 is 0. The average Bonchev–Trinajstić information content (AvgIpc) is 2.56. The predicted octanol–water partition coefficient (Wildman–Crippen LogP) is 3.28. The molecule has 0 aromatic heterocycles. The van der Waals surface area contributed by atoms with E-state index in [2.05, 4.69) is 49.1 Å². The van der Waals surface area contributed by atoms with Crippen LogP contribution in [0.5, 0.6) is 0 Å². The number of hydrogen-bond donors (Lipinski definition) is 1. The fourth-order valence-electron chi connectivity index (χ4n) is 4.79. The maximum atomic E-state index is 11.9. The van der Waals surface area contributed by atoms with Crippen LogP contribution < -0.4 is 0 Å². The van der Waals surface area contributed by atoms with Crippen molar-refractivity contribution < 1.29 is 14.6 Å². The zero-order chi connectivity index (χ0) is 18.1. The van der Waals surface area contributed by atoms with Crippen LogP contribution in [0.15, 0.2) is 30.3 Å². The van der Waals surface area contributed by atoms with E-state index in [0.29, 0.717) is 19.4 Å². The molecule has 3 unspecified atom stereocenters. The first kappa shape index (κ1) is 18.4. The molecule has 3 rings (SSSR count). The number of aliphatic hydroxyl groups is 1. The van der Waals surface area contributed by atoms with Crippen LogP contribution in [-0.2, 0) is 14.9 Å². The highest BCUT2D eigenvalue weighted by Crippen LogP contribution is 2.47. The number of nitrogens with zero attached hydrogens (tertiary/aromatic N) is 1. The number of fused-ring (bicyclic) bond motifs is 1. The molecule has 4 heteroatoms. The topological polar surface area (TPSA) is 49.8 Å². The summed E-state index contributed by atoms with van der Waals surface area (Å²) in [6, 6.07) is 10.7. The van der Waals surface area contributed by atoms with Crippen molar-refractivity contribution in [1.29, 1.82) is 0 Å². The van der Waals surface area contributed by atoms with Crippen molar-refractivity contribution >= 4 is 5.97 Å². The summed E-state index contributed by atoms with van der Waals surface area (Å²) in [6.07, 6.45) is 3.51. The molecule has 3 atom stereocenters. The summed E-state index contributed by atoms with van der Waals surface area (Å²) < 4.78 is 5.06. The van der Waals surface area contributed by atoms with Gasteiger partial charge >= 0.3 is 5.97 Å². The van der Waals surface area contributed by atoms with Crippen molar-refractivity contribution in [2.24, 2.45) is 0 Å². The summed E-state index contributed by atoms with van der Waals surface area (Å²) in [5.74, 6) is -0.285. The van der Waals surface area contributed by atoms with Crippen LogP contribution in [0.2, 0.25) is 0 Å². The van der Waals surface area contributed by atoms with E-state index < -0.39 is 5.60 Å². The van der Waals surface area contributed by atoms with Crippen molar-refractivity contribution in [1.82, 2.24) is 4.90 Å². The van der Waals surface area contributed by atoms with Gasteiger partial charge in [0.1, 0.15) is 0 Å². The lowest BCUT2D eigenvalue weighted by molar-refractivity contribution is -0.156. The van der Waals surface area contributed by atoms with Gasteiger partial charge in [-0.1, -0.05) is 37.3 Å². The molecule has 25 heavy (non-hydrogen) atoms. The summed E-state index contributed by atoms with van der Waals surface area (Å²) in [4.78, 5) is 14.4. The van der Waals surface area contributed by atoms with Crippen molar-refractivity contribution in [3.63, 3.8) is 0 Å². The molecule has 0 saturated carbocycles. The number of benzene rings is 1. The highest BCUT2D eigenvalue weighted by molar-refractivity contribution is 5.70. The lowest BCUT2D eigenvalue weighted by Gasteiger charge is -2.57. The standard InChI is InChI=1S/C21H31NO3/c1-4-25-18(23)14-21(24)12-13-22-16-19(2,10-11-20(22,3)15-21)17-8-6-5-7-9-17/h5-9,24H,4,10-16H2,1-3H3. The molecule has 4 nitrogen and oxygen atoms in total. The summed E-state index contributed by atoms with van der Waals surface area (Å²) in [6.45, 7) is 8.59. The molecule has 2 aliphatic heterocycles. The number of ether oxygens (including phenoxy) is 1. The van der Waals surface area contributed by atoms with E-state index in [4.69, 9.17) is 4.74 Å². The maximum absolute atomic E-state index is 11.9. The van der Waals surface area contributed by atoms with Gasteiger partial charge in [0, 0.05) is 24.0 Å². The Labute approximate surface area is 151 Å². The average molecular weight is 345 g/mol. The van der Waals surface area contributed by atoms with Gasteiger partial charge in [-0.05, 0) is 45.1 Å². The summed E-state index contributed by atoms with van der Waals surface area (Å²) in [5.41, 5.74) is 0.563. The van der Waals surface area contributed by atoms with E-state index in [-0.39, 0.29) is 23.3 Å². The Kier molecular flexibility index (Phi) is 4.95. The van der Waals surface area contributed by atoms with E-state index in [1.54, 1.807) is 6.92 Å². The van der Waals surface area contributed by atoms with E-state index in [1.165, 1.54) is 5.56 Å². The van der Waals surface area contributed by atoms with Crippen LogP contribution in [0, 0.1) is 0 Å². The molecule has 1 aromatic carbocycles. The molecule has 2 aliphatic rings. The molecule has 2 saturated heterocycles. The molecule has 1 aromatic rings. The minimum atomic E-state index is -0.933. The Morgan fingerprint density at radius 3 is 2.60 bits per heavy atom. The van der Waals surface area contributed by atoms with Crippen molar-refractivity contribution in [2.75, 3.05) is 19.7 Å². The number of carbonyl (C=O) groups excluding carboxylic acids is 1. The fourth-order valence-corrected chi connectivity index (χ4v) is 4.79. The first-order chi connectivity index (χ1) is 11.8. The molecular formula is C21H31NO3. The minimum Gasteiger partial charge on any atom is -0.466 e. The lowest BCUT2D eigenvalue weighted by atomic mass is 9.65. The number of hydrogen-bond acceptors (Lipinski definition) is 4. The Hall–Kier alpha value is -1.39. The summed E-state index contributed by atoms with van der Waals surface area (Å²) in [7, 11) is 0. The predicted molar refractivity (Wildman–Crippen MR) is 98.4 cm³/mol. The van der Waals surface area contributed by atoms with Crippen LogP contribution in [0.1, 0.15) is 58.4 Å². The first-order valence-electron chi connectivity index (χ1n) is 9.47. The van der Waals surface area contributed by atoms with Gasteiger partial charge in [0.05, 0.1) is 18.6 Å². The number of esters is 1. The second-order valence-corrected chi connectivity index (χ2v) is 8.48. The SMILES string of the molecule is CCOC(=O)CC1(O)CCN2CC(C)(c3ccccc3)CCC2(C)C1. The van der Waals surface area contributed by atoms with Crippen LogP contribution in [-0.4, -0.2) is 46.8 Å². The number of carbonyl (C=O) groups is 1. The molecule has 2 heterocycles. The van der Waals surface area contributed by atoms with E-state index >= 15 is 0 Å². The number of rotatable bonds is 4. The van der Waals surface area contributed by atoms with E-state index in [9.17, 15) is 9.90 Å². The largest absolute Gasteiger partial charge is 0.466 e. The van der Waals surface area contributed by atoms with Crippen LogP contribution in [0.25, 0.3) is 0 Å². The van der Waals surface area contributed by atoms with Gasteiger partial charge in [-0.3, -0.25) is 9.69 Å². The summed E-state index contributed by atoms with van der Waals surface area (Å²) in [5, 5.41) is 11.0. The lowest BCUT2D eigenvalue weighted by Crippen LogP contribution is -2.63. The third-order valence-electron chi connectivity index (χ3n) is 6.33. The molecule has 0 bridgehead atoms. The molecule has 0 radical (unpaired) electrons. The maximum Gasteiger partial charge on any atom is 0.308 e. The minimum absolute atomic E-state index is 0.0478. The van der Waals surface area contributed by atoms with E-state index in [1.807, 2.05) is 0 Å². The Morgan fingerprint density at radius 1 is 1.20 bits per heavy atom. The normalized spacial score (nSPS) is 35.8. The molecule has 2 fully saturated rings. The highest BCUT2D eigenvalue weighted by Gasteiger charge is 2.51. The van der Waals surface area contributed by atoms with Crippen LogP contribution >= 0.6 is 0 Å². The third kappa shape index (κ3) is 3.75. The zero-order valence-corrected chi connectivity index (χ0v) is 15.8. The van der Waals surface area contributed by atoms with Gasteiger partial charge in [-0.15, -0.1) is 0 Å². The van der Waals surface area contributed by atoms with Crippen LogP contribution in [0.4, 0.5) is 0 Å². The molecule has 1 N–H and O–H groups in total. The van der Waals surface area contributed by atoms with Crippen molar-refractivity contribution in [3.05, 3.63) is 35.9 Å². The second kappa shape index (κ2) is 6.73.